The molecule has 28 heavy (non-hydrogen) atoms. The molecule has 3 rings (SSSR count). The summed E-state index contributed by atoms with van der Waals surface area (Å²) in [6.07, 6.45) is 5.62. The van der Waals surface area contributed by atoms with Crippen LogP contribution in [0.4, 0.5) is 0 Å². The van der Waals surface area contributed by atoms with Gasteiger partial charge in [0.1, 0.15) is 0 Å². The van der Waals surface area contributed by atoms with Crippen LogP contribution in [0.25, 0.3) is 0 Å². The van der Waals surface area contributed by atoms with Crippen LogP contribution in [0, 0.1) is 5.41 Å². The molecule has 3 nitrogen and oxygen atoms in total. The molecule has 0 aromatic heterocycles. The van der Waals surface area contributed by atoms with Crippen molar-refractivity contribution in [2.24, 2.45) is 5.41 Å². The lowest BCUT2D eigenvalue weighted by molar-refractivity contribution is -0.139. The highest BCUT2D eigenvalue weighted by atomic mass is 16.2. The van der Waals surface area contributed by atoms with Crippen molar-refractivity contribution in [3.63, 3.8) is 0 Å². The van der Waals surface area contributed by atoms with Gasteiger partial charge in [0.2, 0.25) is 5.91 Å². The first kappa shape index (κ1) is 23.7. The number of allylic oxidation sites excluding steroid dienone is 3. The van der Waals surface area contributed by atoms with Gasteiger partial charge in [-0.25, -0.2) is 0 Å². The lowest BCUT2D eigenvalue weighted by Gasteiger charge is -2.36. The fraction of sp³-hybridized carbons (Fsp3) is 0.480. The number of hydrogen-bond donors (Lipinski definition) is 1. The third kappa shape index (κ3) is 5.36. The van der Waals surface area contributed by atoms with E-state index < -0.39 is 5.41 Å². The predicted octanol–water partition coefficient (Wildman–Crippen LogP) is 5.09. The zero-order chi connectivity index (χ0) is 21.2. The first-order valence-corrected chi connectivity index (χ1v) is 10.4. The standard InChI is InChI=1S/C21H24N2O.2C2H6/c1-21(2,17-12-8-5-9-13-17)20(24)23(3)19-15-22-14-18(19)16-10-6-4-7-11-16;2*1-2/h4,6-8,10-13,18-19,22H,14-15H2,1-3H3;2*1-2H3/t18-,19+;;/m0../s1. The number of rotatable bonds is 4. The minimum Gasteiger partial charge on any atom is -0.340 e. The highest BCUT2D eigenvalue weighted by Crippen LogP contribution is 2.34. The first-order chi connectivity index (χ1) is 13.5. The van der Waals surface area contributed by atoms with Gasteiger partial charge in [0.25, 0.3) is 0 Å². The Hall–Kier alpha value is -2.31. The van der Waals surface area contributed by atoms with Crippen molar-refractivity contribution in [3.05, 3.63) is 71.2 Å². The molecular weight excluding hydrogens is 344 g/mol. The van der Waals surface area contributed by atoms with Crippen molar-refractivity contribution in [2.45, 2.75) is 53.5 Å². The van der Waals surface area contributed by atoms with Crippen molar-refractivity contribution >= 4 is 5.91 Å². The van der Waals surface area contributed by atoms with Crippen LogP contribution in [-0.2, 0) is 4.79 Å². The lowest BCUT2D eigenvalue weighted by atomic mass is 9.81. The molecule has 1 aliphatic carbocycles. The van der Waals surface area contributed by atoms with Gasteiger partial charge in [-0.05, 0) is 43.2 Å². The van der Waals surface area contributed by atoms with E-state index in [1.807, 2.05) is 77.8 Å². The second-order valence-corrected chi connectivity index (χ2v) is 7.01. The Balaban J connectivity index is 0.000000921. The van der Waals surface area contributed by atoms with E-state index in [4.69, 9.17) is 0 Å². The number of nitrogens with zero attached hydrogens (tertiary/aromatic N) is 1. The fourth-order valence-corrected chi connectivity index (χ4v) is 3.56. The van der Waals surface area contributed by atoms with Gasteiger partial charge >= 0.3 is 0 Å². The van der Waals surface area contributed by atoms with E-state index in [1.54, 1.807) is 0 Å². The van der Waals surface area contributed by atoms with Crippen molar-refractivity contribution in [2.75, 3.05) is 20.1 Å². The number of amides is 1. The summed E-state index contributed by atoms with van der Waals surface area (Å²) < 4.78 is 0. The number of nitrogens with one attached hydrogen (secondary N) is 1. The first-order valence-electron chi connectivity index (χ1n) is 10.4. The summed E-state index contributed by atoms with van der Waals surface area (Å²) in [7, 11) is 1.93. The zero-order valence-electron chi connectivity index (χ0n) is 18.5. The van der Waals surface area contributed by atoms with Crippen molar-refractivity contribution in [1.82, 2.24) is 10.2 Å². The molecule has 0 spiro atoms. The van der Waals surface area contributed by atoms with E-state index in [-0.39, 0.29) is 11.9 Å². The average molecular weight is 381 g/mol. The molecule has 1 amide bonds. The van der Waals surface area contributed by atoms with Crippen LogP contribution in [0.2, 0.25) is 0 Å². The van der Waals surface area contributed by atoms with E-state index in [0.29, 0.717) is 5.92 Å². The number of likely N-dealkylation sites (N-methyl/N-ethyl adjacent to an activating group) is 1. The monoisotopic (exact) mass is 380 g/mol. The highest BCUT2D eigenvalue weighted by Gasteiger charge is 2.40. The Bertz CT molecular complexity index is 748. The van der Waals surface area contributed by atoms with Crippen molar-refractivity contribution in [1.29, 1.82) is 0 Å². The molecule has 0 saturated carbocycles. The summed E-state index contributed by atoms with van der Waals surface area (Å²) in [5.41, 5.74) is 7.53. The normalized spacial score (nSPS) is 19.8. The second kappa shape index (κ2) is 11.5. The van der Waals surface area contributed by atoms with E-state index in [2.05, 4.69) is 41.0 Å². The van der Waals surface area contributed by atoms with Crippen LogP contribution >= 0.6 is 0 Å². The summed E-state index contributed by atoms with van der Waals surface area (Å²) in [5.74, 6) is 0.461. The maximum absolute atomic E-state index is 13.2. The zero-order valence-corrected chi connectivity index (χ0v) is 18.5. The molecule has 0 bridgehead atoms. The molecule has 1 fully saturated rings. The Morgan fingerprint density at radius 3 is 2.29 bits per heavy atom. The molecule has 3 heteroatoms. The van der Waals surface area contributed by atoms with Gasteiger partial charge in [-0.1, -0.05) is 69.5 Å². The smallest absolute Gasteiger partial charge is 0.232 e. The molecular formula is C25H36N2O. The SMILES string of the molecule is CC.CC.CN(C(=O)C(C)(C)C1=CC=C=C=C1)[C@@H]1CNC[C@H]1c1ccccc1. The van der Waals surface area contributed by atoms with E-state index >= 15 is 0 Å². The number of hydrogen-bond acceptors (Lipinski definition) is 2. The van der Waals surface area contributed by atoms with Gasteiger partial charge in [-0.15, -0.1) is 0 Å². The Labute approximate surface area is 171 Å². The summed E-state index contributed by atoms with van der Waals surface area (Å²) >= 11 is 0. The Morgan fingerprint density at radius 2 is 1.71 bits per heavy atom. The molecule has 1 aromatic rings. The second-order valence-electron chi connectivity index (χ2n) is 7.01. The molecule has 0 unspecified atom stereocenters. The van der Waals surface area contributed by atoms with Crippen molar-refractivity contribution in [3.8, 4) is 0 Å². The molecule has 2 aliphatic rings. The van der Waals surface area contributed by atoms with Crippen LogP contribution in [0.5, 0.6) is 0 Å². The maximum atomic E-state index is 13.2. The Kier molecular flexibility index (Phi) is 9.76. The number of benzene rings is 1. The van der Waals surface area contributed by atoms with Gasteiger partial charge in [-0.3, -0.25) is 4.79 Å². The summed E-state index contributed by atoms with van der Waals surface area (Å²) in [4.78, 5) is 15.1. The van der Waals surface area contributed by atoms with Crippen LogP contribution < -0.4 is 5.32 Å². The molecule has 2 atom stereocenters. The van der Waals surface area contributed by atoms with Gasteiger partial charge in [0, 0.05) is 26.1 Å². The minimum absolute atomic E-state index is 0.136. The van der Waals surface area contributed by atoms with Crippen LogP contribution in [0.1, 0.15) is 53.0 Å². The van der Waals surface area contributed by atoms with E-state index in [1.165, 1.54) is 5.56 Å². The van der Waals surface area contributed by atoms with Gasteiger partial charge in [-0.2, -0.15) is 0 Å². The van der Waals surface area contributed by atoms with E-state index in [0.717, 1.165) is 18.7 Å². The minimum atomic E-state index is -0.579. The van der Waals surface area contributed by atoms with Crippen molar-refractivity contribution < 1.29 is 4.79 Å². The van der Waals surface area contributed by atoms with Crippen LogP contribution in [0.15, 0.2) is 65.6 Å². The molecule has 1 aliphatic heterocycles. The van der Waals surface area contributed by atoms with E-state index in [9.17, 15) is 4.79 Å². The lowest BCUT2D eigenvalue weighted by Crippen LogP contribution is -2.47. The molecule has 1 heterocycles. The largest absolute Gasteiger partial charge is 0.340 e. The quantitative estimate of drug-likeness (QED) is 0.738. The van der Waals surface area contributed by atoms with Crippen LogP contribution in [-0.4, -0.2) is 37.0 Å². The third-order valence-electron chi connectivity index (χ3n) is 5.14. The summed E-state index contributed by atoms with van der Waals surface area (Å²) in [6, 6.07) is 10.6. The molecule has 152 valence electrons. The average Bonchev–Trinajstić information content (AvgIpc) is 3.26. The van der Waals surface area contributed by atoms with Gasteiger partial charge in [0.15, 0.2) is 0 Å². The molecule has 1 aromatic carbocycles. The molecule has 0 radical (unpaired) electrons. The Morgan fingerprint density at radius 1 is 1.07 bits per heavy atom. The fourth-order valence-electron chi connectivity index (χ4n) is 3.56. The third-order valence-corrected chi connectivity index (χ3v) is 5.14. The number of carbonyl (C=O) groups excluding carboxylic acids is 1. The number of carbonyl (C=O) groups is 1. The molecule has 1 N–H and O–H groups in total. The molecule has 1 saturated heterocycles. The van der Waals surface area contributed by atoms with Gasteiger partial charge in [0.05, 0.1) is 11.5 Å². The topological polar surface area (TPSA) is 32.3 Å². The van der Waals surface area contributed by atoms with Crippen LogP contribution in [0.3, 0.4) is 0 Å². The van der Waals surface area contributed by atoms with Gasteiger partial charge < -0.3 is 10.2 Å². The predicted molar refractivity (Wildman–Crippen MR) is 119 cm³/mol. The summed E-state index contributed by atoms with van der Waals surface area (Å²) in [6.45, 7) is 13.7. The summed E-state index contributed by atoms with van der Waals surface area (Å²) in [5, 5.41) is 3.44. The highest BCUT2D eigenvalue weighted by molar-refractivity contribution is 5.86. The maximum Gasteiger partial charge on any atom is 0.232 e.